The molecule has 1 aromatic rings. The van der Waals surface area contributed by atoms with E-state index in [1.54, 1.807) is 0 Å². The summed E-state index contributed by atoms with van der Waals surface area (Å²) in [5.74, 6) is -0.609. The van der Waals surface area contributed by atoms with E-state index in [4.69, 9.17) is 4.78 Å². The average Bonchev–Trinajstić information content (AvgIpc) is 2.82. The highest BCUT2D eigenvalue weighted by atomic mass is 32.2. The van der Waals surface area contributed by atoms with Crippen molar-refractivity contribution in [1.29, 1.82) is 4.78 Å². The van der Waals surface area contributed by atoms with Gasteiger partial charge in [0.05, 0.1) is 21.2 Å². The highest BCUT2D eigenvalue weighted by Gasteiger charge is 2.55. The number of pyridine rings is 1. The van der Waals surface area contributed by atoms with Crippen LogP contribution in [0, 0.1) is 10.2 Å². The second-order valence-electron chi connectivity index (χ2n) is 5.91. The van der Waals surface area contributed by atoms with Crippen LogP contribution < -0.4 is 10.6 Å². The Kier molecular flexibility index (Phi) is 4.42. The van der Waals surface area contributed by atoms with Crippen LogP contribution in [0.25, 0.3) is 0 Å². The Hall–Kier alpha value is -1.68. The lowest BCUT2D eigenvalue weighted by Gasteiger charge is -2.26. The summed E-state index contributed by atoms with van der Waals surface area (Å²) in [6.45, 7) is 0.746. The number of hydrogen-bond donors (Lipinski definition) is 3. The van der Waals surface area contributed by atoms with Crippen LogP contribution in [0.1, 0.15) is 13.3 Å². The number of nitrogens with one attached hydrogen (secondary N) is 3. The molecule has 1 saturated heterocycles. The van der Waals surface area contributed by atoms with Gasteiger partial charge in [-0.3, -0.25) is 4.79 Å². The fourth-order valence-electron chi connectivity index (χ4n) is 2.27. The first-order valence-corrected chi connectivity index (χ1v) is 8.70. The summed E-state index contributed by atoms with van der Waals surface area (Å²) < 4.78 is 58.0. The van der Waals surface area contributed by atoms with Crippen LogP contribution >= 0.6 is 0 Å². The molecule has 10 heteroatoms. The average molecular weight is 350 g/mol. The van der Waals surface area contributed by atoms with Gasteiger partial charge in [-0.15, -0.1) is 0 Å². The molecule has 1 amide bonds. The first-order chi connectivity index (χ1) is 10.4. The first kappa shape index (κ1) is 17.7. The second kappa shape index (κ2) is 5.75. The van der Waals surface area contributed by atoms with Crippen molar-refractivity contribution in [2.75, 3.05) is 18.1 Å². The molecule has 2 rings (SSSR count). The zero-order valence-electron chi connectivity index (χ0n) is 12.5. The number of nitrogens with zero attached hydrogens (tertiary/aromatic N) is 1. The summed E-state index contributed by atoms with van der Waals surface area (Å²) in [7, 11) is -3.04. The number of carbonyl (C=O) groups excluding carboxylic acids is 1. The molecular formula is C13H17F3N4O2S. The maximum absolute atomic E-state index is 13.0. The van der Waals surface area contributed by atoms with E-state index in [1.165, 1.54) is 24.6 Å². The van der Waals surface area contributed by atoms with Crippen LogP contribution in [0.5, 0.6) is 0 Å². The van der Waals surface area contributed by atoms with Gasteiger partial charge in [-0.2, -0.15) is 13.2 Å². The van der Waals surface area contributed by atoms with Crippen molar-refractivity contribution < 1.29 is 22.2 Å². The van der Waals surface area contributed by atoms with Crippen LogP contribution in [-0.2, 0) is 14.5 Å². The maximum atomic E-state index is 13.0. The Balaban J connectivity index is 2.10. The summed E-state index contributed by atoms with van der Waals surface area (Å²) in [6.07, 6.45) is -2.28. The molecule has 0 aliphatic carbocycles. The molecule has 1 aromatic heterocycles. The van der Waals surface area contributed by atoms with Crippen LogP contribution in [0.2, 0.25) is 0 Å². The third-order valence-corrected chi connectivity index (χ3v) is 4.82. The second-order valence-corrected chi connectivity index (χ2v) is 8.02. The molecule has 0 radical (unpaired) electrons. The number of aromatic nitrogens is 1. The summed E-state index contributed by atoms with van der Waals surface area (Å²) in [6, 6.07) is 1.73. The summed E-state index contributed by atoms with van der Waals surface area (Å²) in [5, 5.41) is 5.04. The fraction of sp³-hybridized carbons (Fsp3) is 0.538. The van der Waals surface area contributed by atoms with E-state index >= 15 is 0 Å². The lowest BCUT2D eigenvalue weighted by molar-refractivity contribution is -0.210. The molecule has 2 heterocycles. The van der Waals surface area contributed by atoms with E-state index < -0.39 is 33.3 Å². The van der Waals surface area contributed by atoms with Gasteiger partial charge in [0.1, 0.15) is 5.03 Å². The Morgan fingerprint density at radius 3 is 2.74 bits per heavy atom. The molecule has 3 N–H and O–H groups in total. The summed E-state index contributed by atoms with van der Waals surface area (Å²) in [4.78, 5) is 15.9. The Morgan fingerprint density at radius 1 is 1.57 bits per heavy atom. The fourth-order valence-corrected chi connectivity index (χ4v) is 2.89. The molecule has 23 heavy (non-hydrogen) atoms. The molecule has 3 atom stereocenters. The van der Waals surface area contributed by atoms with E-state index in [0.717, 1.165) is 6.92 Å². The van der Waals surface area contributed by atoms with Crippen LogP contribution in [0.15, 0.2) is 23.4 Å². The normalized spacial score (nSPS) is 27.4. The van der Waals surface area contributed by atoms with Crippen molar-refractivity contribution in [1.82, 2.24) is 10.3 Å². The minimum Gasteiger partial charge on any atom is -0.325 e. The highest BCUT2D eigenvalue weighted by Crippen LogP contribution is 2.44. The van der Waals surface area contributed by atoms with Crippen molar-refractivity contribution >= 4 is 21.3 Å². The maximum Gasteiger partial charge on any atom is 0.395 e. The minimum atomic E-state index is -4.39. The lowest BCUT2D eigenvalue weighted by atomic mass is 9.87. The molecule has 0 aromatic carbocycles. The van der Waals surface area contributed by atoms with Crippen molar-refractivity contribution in [3.63, 3.8) is 0 Å². The van der Waals surface area contributed by atoms with Crippen molar-refractivity contribution in [2.45, 2.75) is 30.6 Å². The number of amides is 1. The van der Waals surface area contributed by atoms with Gasteiger partial charge in [0, 0.05) is 24.7 Å². The third-order valence-electron chi connectivity index (χ3n) is 3.80. The Bertz CT molecular complexity index is 720. The molecule has 2 unspecified atom stereocenters. The predicted molar refractivity (Wildman–Crippen MR) is 78.5 cm³/mol. The van der Waals surface area contributed by atoms with E-state index in [-0.39, 0.29) is 23.7 Å². The Morgan fingerprint density at radius 2 is 2.22 bits per heavy atom. The highest BCUT2D eigenvalue weighted by molar-refractivity contribution is 7.91. The van der Waals surface area contributed by atoms with Gasteiger partial charge in [0.2, 0.25) is 5.91 Å². The smallest absolute Gasteiger partial charge is 0.325 e. The van der Waals surface area contributed by atoms with Gasteiger partial charge in [-0.25, -0.2) is 14.0 Å². The molecule has 128 valence electrons. The van der Waals surface area contributed by atoms with Crippen molar-refractivity contribution in [3.8, 4) is 0 Å². The van der Waals surface area contributed by atoms with Crippen LogP contribution in [-0.4, -0.2) is 40.1 Å². The van der Waals surface area contributed by atoms with Crippen LogP contribution in [0.3, 0.4) is 0 Å². The number of anilines is 1. The first-order valence-electron chi connectivity index (χ1n) is 6.73. The number of alkyl halides is 3. The lowest BCUT2D eigenvalue weighted by Crippen LogP contribution is -2.36. The molecule has 0 saturated carbocycles. The molecule has 1 aliphatic rings. The predicted octanol–water partition coefficient (Wildman–Crippen LogP) is 1.99. The minimum absolute atomic E-state index is 0.00480. The third kappa shape index (κ3) is 3.81. The van der Waals surface area contributed by atoms with E-state index in [1.807, 2.05) is 0 Å². The van der Waals surface area contributed by atoms with E-state index in [0.29, 0.717) is 0 Å². The number of hydrogen-bond acceptors (Lipinski definition) is 5. The molecular weight excluding hydrogens is 333 g/mol. The molecule has 6 nitrogen and oxygen atoms in total. The number of carbonyl (C=O) groups is 1. The quantitative estimate of drug-likeness (QED) is 0.777. The standard InChI is InChI=1S/C13H17F3N4O2S/c1-12(13(14,15)16)6-9(19-7-12)11(21)20-8-3-4-18-10(5-8)23(2,17)22/h3-5,9,17,19H,6-7H2,1-2H3,(H,18,20,21)/t9?,12?,23-/m1/s1. The van der Waals surface area contributed by atoms with Crippen LogP contribution in [0.4, 0.5) is 18.9 Å². The molecule has 1 fully saturated rings. The van der Waals surface area contributed by atoms with Gasteiger partial charge in [-0.05, 0) is 25.5 Å². The summed E-state index contributed by atoms with van der Waals surface area (Å²) >= 11 is 0. The van der Waals surface area contributed by atoms with Gasteiger partial charge < -0.3 is 10.6 Å². The number of halogens is 3. The monoisotopic (exact) mass is 350 g/mol. The topological polar surface area (TPSA) is 94.9 Å². The van der Waals surface area contributed by atoms with Gasteiger partial charge in [-0.1, -0.05) is 0 Å². The Labute approximate surface area is 131 Å². The van der Waals surface area contributed by atoms with Gasteiger partial charge in [0.15, 0.2) is 0 Å². The number of rotatable bonds is 3. The zero-order valence-corrected chi connectivity index (χ0v) is 13.3. The van der Waals surface area contributed by atoms with Gasteiger partial charge in [0.25, 0.3) is 0 Å². The largest absolute Gasteiger partial charge is 0.395 e. The van der Waals surface area contributed by atoms with Crippen molar-refractivity contribution in [3.05, 3.63) is 18.3 Å². The van der Waals surface area contributed by atoms with E-state index in [9.17, 15) is 22.2 Å². The molecule has 0 spiro atoms. The SMILES string of the molecule is CC1(C(F)(F)F)CNC(C(=O)Nc2ccnc([S@](C)(=N)=O)c2)C1. The molecule has 1 aliphatic heterocycles. The zero-order chi connectivity index (χ0) is 17.5. The molecule has 0 bridgehead atoms. The van der Waals surface area contributed by atoms with Crippen molar-refractivity contribution in [2.24, 2.45) is 5.41 Å². The summed E-state index contributed by atoms with van der Waals surface area (Å²) in [5.41, 5.74) is -1.71. The van der Waals surface area contributed by atoms with Gasteiger partial charge >= 0.3 is 6.18 Å². The van der Waals surface area contributed by atoms with E-state index in [2.05, 4.69) is 15.6 Å².